The van der Waals surface area contributed by atoms with Crippen LogP contribution in [0.2, 0.25) is 0 Å². The molecular formula is C12H22N4. The Labute approximate surface area is 97.6 Å². The van der Waals surface area contributed by atoms with Crippen molar-refractivity contribution in [1.82, 2.24) is 20.1 Å². The number of nitrogens with zero attached hydrogens (tertiary/aromatic N) is 2. The maximum Gasteiger partial charge on any atom is 0.0484 e. The maximum atomic E-state index is 3.39. The smallest absolute Gasteiger partial charge is 0.0484 e. The molecular weight excluding hydrogens is 200 g/mol. The molecule has 1 aromatic rings. The van der Waals surface area contributed by atoms with E-state index in [2.05, 4.69) is 46.5 Å². The van der Waals surface area contributed by atoms with Crippen molar-refractivity contribution in [3.05, 3.63) is 24.0 Å². The number of nitrogens with one attached hydrogen (secondary N) is 2. The van der Waals surface area contributed by atoms with Gasteiger partial charge in [-0.3, -0.25) is 4.90 Å². The van der Waals surface area contributed by atoms with E-state index in [0.29, 0.717) is 6.04 Å². The molecule has 1 saturated heterocycles. The lowest BCUT2D eigenvalue weighted by molar-refractivity contribution is 0.168. The van der Waals surface area contributed by atoms with Crippen LogP contribution >= 0.6 is 0 Å². The highest BCUT2D eigenvalue weighted by Gasteiger charge is 2.19. The first-order valence-electron chi connectivity index (χ1n) is 5.99. The molecule has 0 amide bonds. The Hall–Kier alpha value is -0.840. The average molecular weight is 222 g/mol. The van der Waals surface area contributed by atoms with E-state index in [1.807, 2.05) is 6.20 Å². The molecule has 0 saturated carbocycles. The predicted octanol–water partition coefficient (Wildman–Crippen LogP) is 0.523. The summed E-state index contributed by atoms with van der Waals surface area (Å²) in [5.74, 6) is 0. The number of rotatable bonds is 4. The molecule has 1 aromatic heterocycles. The highest BCUT2D eigenvalue weighted by molar-refractivity contribution is 5.14. The Morgan fingerprint density at radius 3 is 2.69 bits per heavy atom. The molecule has 90 valence electrons. The Balaban J connectivity index is 1.97. The van der Waals surface area contributed by atoms with E-state index >= 15 is 0 Å². The molecule has 2 rings (SSSR count). The fourth-order valence-electron chi connectivity index (χ4n) is 2.25. The molecule has 4 nitrogen and oxygen atoms in total. The van der Waals surface area contributed by atoms with Crippen LogP contribution in [-0.2, 0) is 0 Å². The number of hydrogen-bond acceptors (Lipinski definition) is 3. The van der Waals surface area contributed by atoms with Crippen LogP contribution in [0.25, 0.3) is 0 Å². The zero-order chi connectivity index (χ0) is 11.4. The van der Waals surface area contributed by atoms with Crippen molar-refractivity contribution in [2.24, 2.45) is 0 Å². The molecule has 1 aliphatic rings. The van der Waals surface area contributed by atoms with Gasteiger partial charge in [0.05, 0.1) is 0 Å². The third-order valence-electron chi connectivity index (χ3n) is 3.27. The minimum Gasteiger partial charge on any atom is -0.367 e. The number of aromatic amines is 1. The van der Waals surface area contributed by atoms with Gasteiger partial charge in [0.2, 0.25) is 0 Å². The topological polar surface area (TPSA) is 34.3 Å². The van der Waals surface area contributed by atoms with Crippen LogP contribution in [0.4, 0.5) is 0 Å². The van der Waals surface area contributed by atoms with E-state index in [1.165, 1.54) is 5.56 Å². The zero-order valence-electron chi connectivity index (χ0n) is 10.2. The summed E-state index contributed by atoms with van der Waals surface area (Å²) in [4.78, 5) is 7.98. The summed E-state index contributed by atoms with van der Waals surface area (Å²) >= 11 is 0. The van der Waals surface area contributed by atoms with Crippen molar-refractivity contribution in [2.45, 2.75) is 6.04 Å². The van der Waals surface area contributed by atoms with E-state index < -0.39 is 0 Å². The summed E-state index contributed by atoms with van der Waals surface area (Å²) in [5, 5.41) is 3.39. The second-order valence-corrected chi connectivity index (χ2v) is 4.67. The first-order chi connectivity index (χ1) is 7.77. The van der Waals surface area contributed by atoms with Gasteiger partial charge >= 0.3 is 0 Å². The summed E-state index contributed by atoms with van der Waals surface area (Å²) < 4.78 is 0. The van der Waals surface area contributed by atoms with Crippen molar-refractivity contribution in [3.63, 3.8) is 0 Å². The molecule has 4 heteroatoms. The van der Waals surface area contributed by atoms with Crippen molar-refractivity contribution in [2.75, 3.05) is 46.8 Å². The fraction of sp³-hybridized carbons (Fsp3) is 0.667. The quantitative estimate of drug-likeness (QED) is 0.779. The number of piperazine rings is 1. The average Bonchev–Trinajstić information content (AvgIpc) is 2.80. The predicted molar refractivity (Wildman–Crippen MR) is 66.5 cm³/mol. The largest absolute Gasteiger partial charge is 0.367 e. The summed E-state index contributed by atoms with van der Waals surface area (Å²) in [7, 11) is 4.31. The number of H-pyrrole nitrogens is 1. The van der Waals surface area contributed by atoms with Crippen LogP contribution in [0.3, 0.4) is 0 Å². The molecule has 1 unspecified atom stereocenters. The number of likely N-dealkylation sites (N-methyl/N-ethyl adjacent to an activating group) is 1. The Kier molecular flexibility index (Phi) is 3.98. The molecule has 0 aliphatic carbocycles. The Bertz CT molecular complexity index is 288. The fourth-order valence-corrected chi connectivity index (χ4v) is 2.25. The molecule has 0 radical (unpaired) electrons. The molecule has 1 fully saturated rings. The van der Waals surface area contributed by atoms with Crippen LogP contribution in [0.15, 0.2) is 18.5 Å². The third kappa shape index (κ3) is 2.84. The molecule has 16 heavy (non-hydrogen) atoms. The van der Waals surface area contributed by atoms with Crippen LogP contribution in [0, 0.1) is 0 Å². The Morgan fingerprint density at radius 1 is 1.38 bits per heavy atom. The molecule has 0 bridgehead atoms. The van der Waals surface area contributed by atoms with Crippen LogP contribution in [0.1, 0.15) is 11.6 Å². The highest BCUT2D eigenvalue weighted by atomic mass is 15.2. The van der Waals surface area contributed by atoms with Crippen molar-refractivity contribution < 1.29 is 0 Å². The minimum absolute atomic E-state index is 0.490. The van der Waals surface area contributed by atoms with Crippen molar-refractivity contribution >= 4 is 0 Å². The van der Waals surface area contributed by atoms with Crippen molar-refractivity contribution in [3.8, 4) is 0 Å². The van der Waals surface area contributed by atoms with Gasteiger partial charge in [-0.1, -0.05) is 0 Å². The van der Waals surface area contributed by atoms with E-state index in [-0.39, 0.29) is 0 Å². The first-order valence-corrected chi connectivity index (χ1v) is 5.99. The molecule has 1 aliphatic heterocycles. The van der Waals surface area contributed by atoms with Crippen molar-refractivity contribution in [1.29, 1.82) is 0 Å². The third-order valence-corrected chi connectivity index (χ3v) is 3.27. The highest BCUT2D eigenvalue weighted by Crippen LogP contribution is 2.18. The zero-order valence-corrected chi connectivity index (χ0v) is 10.2. The molecule has 1 atom stereocenters. The molecule has 0 aromatic carbocycles. The van der Waals surface area contributed by atoms with E-state index in [1.54, 1.807) is 0 Å². The van der Waals surface area contributed by atoms with Gasteiger partial charge in [0.15, 0.2) is 0 Å². The summed E-state index contributed by atoms with van der Waals surface area (Å²) in [6.45, 7) is 5.68. The molecule has 2 N–H and O–H groups in total. The monoisotopic (exact) mass is 222 g/mol. The maximum absolute atomic E-state index is 3.39. The van der Waals surface area contributed by atoms with Gasteiger partial charge in [-0.15, -0.1) is 0 Å². The van der Waals surface area contributed by atoms with Gasteiger partial charge in [0, 0.05) is 51.2 Å². The SMILES string of the molecule is CN(C)C(CN1CCNCC1)c1cc[nH]c1. The van der Waals surface area contributed by atoms with Gasteiger partial charge < -0.3 is 15.2 Å². The molecule has 2 heterocycles. The van der Waals surface area contributed by atoms with E-state index in [9.17, 15) is 0 Å². The first kappa shape index (κ1) is 11.6. The summed E-state index contributed by atoms with van der Waals surface area (Å²) in [6.07, 6.45) is 4.11. The lowest BCUT2D eigenvalue weighted by Crippen LogP contribution is -2.46. The summed E-state index contributed by atoms with van der Waals surface area (Å²) in [6, 6.07) is 2.66. The van der Waals surface area contributed by atoms with Gasteiger partial charge in [-0.25, -0.2) is 0 Å². The number of aromatic nitrogens is 1. The Morgan fingerprint density at radius 2 is 2.12 bits per heavy atom. The second kappa shape index (κ2) is 5.48. The minimum atomic E-state index is 0.490. The van der Waals surface area contributed by atoms with Crippen LogP contribution < -0.4 is 5.32 Å². The van der Waals surface area contributed by atoms with E-state index in [4.69, 9.17) is 0 Å². The normalized spacial score (nSPS) is 20.2. The van der Waals surface area contributed by atoms with E-state index in [0.717, 1.165) is 32.7 Å². The summed E-state index contributed by atoms with van der Waals surface area (Å²) in [5.41, 5.74) is 1.38. The van der Waals surface area contributed by atoms with Gasteiger partial charge in [-0.2, -0.15) is 0 Å². The van der Waals surface area contributed by atoms with Gasteiger partial charge in [0.1, 0.15) is 0 Å². The van der Waals surface area contributed by atoms with Crippen LogP contribution in [-0.4, -0.2) is 61.6 Å². The lowest BCUT2D eigenvalue weighted by atomic mass is 10.1. The molecule has 0 spiro atoms. The number of hydrogen-bond donors (Lipinski definition) is 2. The van der Waals surface area contributed by atoms with Gasteiger partial charge in [-0.05, 0) is 25.7 Å². The lowest BCUT2D eigenvalue weighted by Gasteiger charge is -2.33. The van der Waals surface area contributed by atoms with Gasteiger partial charge in [0.25, 0.3) is 0 Å². The standard InChI is InChI=1S/C12H22N4/c1-15(2)12(11-3-4-14-9-11)10-16-7-5-13-6-8-16/h3-4,9,12-14H,5-8,10H2,1-2H3. The van der Waals surface area contributed by atoms with Crippen LogP contribution in [0.5, 0.6) is 0 Å². The second-order valence-electron chi connectivity index (χ2n) is 4.67.